The van der Waals surface area contributed by atoms with Crippen LogP contribution in [0.25, 0.3) is 0 Å². The molecule has 4 nitrogen and oxygen atoms in total. The van der Waals surface area contributed by atoms with E-state index < -0.39 is 0 Å². The first-order valence-corrected chi connectivity index (χ1v) is 5.74. The van der Waals surface area contributed by atoms with Gasteiger partial charge in [0.05, 0.1) is 0 Å². The molecule has 1 aromatic rings. The molecule has 0 saturated heterocycles. The van der Waals surface area contributed by atoms with Crippen LogP contribution in [0.15, 0.2) is 18.2 Å². The summed E-state index contributed by atoms with van der Waals surface area (Å²) in [6.07, 6.45) is 0.547. The van der Waals surface area contributed by atoms with Gasteiger partial charge in [0, 0.05) is 25.2 Å². The lowest BCUT2D eigenvalue weighted by Gasteiger charge is -2.18. The lowest BCUT2D eigenvalue weighted by Crippen LogP contribution is -2.27. The number of hydrogen-bond donors (Lipinski definition) is 0. The Bertz CT molecular complexity index is 429. The first-order valence-electron chi connectivity index (χ1n) is 5.74. The molecule has 0 saturated carbocycles. The predicted molar refractivity (Wildman–Crippen MR) is 65.4 cm³/mol. The van der Waals surface area contributed by atoms with Crippen LogP contribution in [0.5, 0.6) is 11.5 Å². The quantitative estimate of drug-likeness (QED) is 0.807. The Hall–Kier alpha value is -1.71. The number of carbonyl (C=O) groups is 1. The number of ether oxygens (including phenoxy) is 2. The topological polar surface area (TPSA) is 38.8 Å². The number of amides is 1. The summed E-state index contributed by atoms with van der Waals surface area (Å²) in [4.78, 5) is 13.6. The molecule has 0 bridgehead atoms. The van der Waals surface area contributed by atoms with E-state index >= 15 is 0 Å². The van der Waals surface area contributed by atoms with Gasteiger partial charge in [-0.15, -0.1) is 0 Å². The number of hydrogen-bond acceptors (Lipinski definition) is 3. The summed E-state index contributed by atoms with van der Waals surface area (Å²) in [7, 11) is 1.78. The molecule has 0 unspecified atom stereocenters. The maximum atomic E-state index is 11.9. The fraction of sp³-hybridized carbons (Fsp3) is 0.462. The lowest BCUT2D eigenvalue weighted by atomic mass is 10.1. The molecule has 0 N–H and O–H groups in total. The van der Waals surface area contributed by atoms with Crippen LogP contribution in [-0.2, 0) is 4.79 Å². The number of nitrogens with zero attached hydrogens (tertiary/aromatic N) is 1. The van der Waals surface area contributed by atoms with Crippen LogP contribution in [0.4, 0.5) is 5.69 Å². The average molecular weight is 235 g/mol. The molecule has 0 aromatic heterocycles. The monoisotopic (exact) mass is 235 g/mol. The van der Waals surface area contributed by atoms with E-state index in [1.807, 2.05) is 32.0 Å². The highest BCUT2D eigenvalue weighted by Crippen LogP contribution is 2.35. The molecule has 92 valence electrons. The molecule has 0 fully saturated rings. The molecule has 1 amide bonds. The summed E-state index contributed by atoms with van der Waals surface area (Å²) in [5, 5.41) is 0. The summed E-state index contributed by atoms with van der Waals surface area (Å²) in [5.74, 6) is 1.91. The van der Waals surface area contributed by atoms with Gasteiger partial charge in [-0.1, -0.05) is 13.8 Å². The van der Waals surface area contributed by atoms with Crippen molar-refractivity contribution >= 4 is 11.6 Å². The van der Waals surface area contributed by atoms with E-state index in [-0.39, 0.29) is 12.7 Å². The Morgan fingerprint density at radius 3 is 2.76 bits per heavy atom. The van der Waals surface area contributed by atoms with Crippen LogP contribution >= 0.6 is 0 Å². The van der Waals surface area contributed by atoms with E-state index in [0.29, 0.717) is 18.1 Å². The highest BCUT2D eigenvalue weighted by molar-refractivity contribution is 5.93. The van der Waals surface area contributed by atoms with Crippen LogP contribution in [0, 0.1) is 5.92 Å². The maximum absolute atomic E-state index is 11.9. The molecule has 4 heteroatoms. The molecular weight excluding hydrogens is 218 g/mol. The van der Waals surface area contributed by atoms with Crippen molar-refractivity contribution in [3.63, 3.8) is 0 Å². The van der Waals surface area contributed by atoms with Crippen LogP contribution in [0.1, 0.15) is 20.3 Å². The molecule has 1 aliphatic rings. The SMILES string of the molecule is CC(C)CC(=O)N(C)c1ccc2c(c1)OCO2. The van der Waals surface area contributed by atoms with Gasteiger partial charge in [0.15, 0.2) is 11.5 Å². The third-order valence-corrected chi connectivity index (χ3v) is 2.70. The van der Waals surface area contributed by atoms with Crippen molar-refractivity contribution in [3.05, 3.63) is 18.2 Å². The fourth-order valence-corrected chi connectivity index (χ4v) is 1.72. The summed E-state index contributed by atoms with van der Waals surface area (Å²) in [6.45, 7) is 4.32. The van der Waals surface area contributed by atoms with Gasteiger partial charge in [-0.25, -0.2) is 0 Å². The van der Waals surface area contributed by atoms with E-state index in [9.17, 15) is 4.79 Å². The molecule has 1 aromatic carbocycles. The van der Waals surface area contributed by atoms with Gasteiger partial charge in [-0.3, -0.25) is 4.79 Å². The zero-order valence-electron chi connectivity index (χ0n) is 10.4. The van der Waals surface area contributed by atoms with Gasteiger partial charge in [0.25, 0.3) is 0 Å². The van der Waals surface area contributed by atoms with Crippen LogP contribution in [0.2, 0.25) is 0 Å². The lowest BCUT2D eigenvalue weighted by molar-refractivity contribution is -0.119. The molecule has 0 aliphatic carbocycles. The maximum Gasteiger partial charge on any atom is 0.231 e. The van der Waals surface area contributed by atoms with Gasteiger partial charge < -0.3 is 14.4 Å². The Morgan fingerprint density at radius 2 is 2.06 bits per heavy atom. The molecule has 1 heterocycles. The molecule has 0 atom stereocenters. The average Bonchev–Trinajstić information content (AvgIpc) is 2.73. The second-order valence-corrected chi connectivity index (χ2v) is 4.59. The van der Waals surface area contributed by atoms with E-state index in [1.165, 1.54) is 0 Å². The second-order valence-electron chi connectivity index (χ2n) is 4.59. The number of rotatable bonds is 3. The first-order chi connectivity index (χ1) is 8.08. The standard InChI is InChI=1S/C13H17NO3/c1-9(2)6-13(15)14(3)10-4-5-11-12(7-10)17-8-16-11/h4-5,7,9H,6,8H2,1-3H3. The van der Waals surface area contributed by atoms with Gasteiger partial charge in [0.2, 0.25) is 12.7 Å². The van der Waals surface area contributed by atoms with Gasteiger partial charge in [-0.2, -0.15) is 0 Å². The summed E-state index contributed by atoms with van der Waals surface area (Å²) in [6, 6.07) is 5.53. The molecule has 1 aliphatic heterocycles. The normalized spacial score (nSPS) is 12.9. The summed E-state index contributed by atoms with van der Waals surface area (Å²) in [5.41, 5.74) is 0.833. The number of fused-ring (bicyclic) bond motifs is 1. The highest BCUT2D eigenvalue weighted by atomic mass is 16.7. The van der Waals surface area contributed by atoms with E-state index in [4.69, 9.17) is 9.47 Å². The van der Waals surface area contributed by atoms with Crippen molar-refractivity contribution < 1.29 is 14.3 Å². The third kappa shape index (κ3) is 2.52. The smallest absolute Gasteiger partial charge is 0.231 e. The molecule has 0 spiro atoms. The van der Waals surface area contributed by atoms with Gasteiger partial charge in [0.1, 0.15) is 0 Å². The van der Waals surface area contributed by atoms with E-state index in [1.54, 1.807) is 11.9 Å². The first kappa shape index (κ1) is 11.8. The van der Waals surface area contributed by atoms with Gasteiger partial charge in [-0.05, 0) is 18.1 Å². The van der Waals surface area contributed by atoms with Crippen molar-refractivity contribution in [2.75, 3.05) is 18.7 Å². The molecule has 0 radical (unpaired) electrons. The summed E-state index contributed by atoms with van der Waals surface area (Å²) < 4.78 is 10.5. The minimum atomic E-state index is 0.110. The Kier molecular flexibility index (Phi) is 3.22. The highest BCUT2D eigenvalue weighted by Gasteiger charge is 2.17. The van der Waals surface area contributed by atoms with Crippen LogP contribution in [0.3, 0.4) is 0 Å². The minimum Gasteiger partial charge on any atom is -0.454 e. The Morgan fingerprint density at radius 1 is 1.35 bits per heavy atom. The van der Waals surface area contributed by atoms with Crippen molar-refractivity contribution in [1.82, 2.24) is 0 Å². The predicted octanol–water partition coefficient (Wildman–Crippen LogP) is 2.42. The number of benzene rings is 1. The molecule has 2 rings (SSSR count). The fourth-order valence-electron chi connectivity index (χ4n) is 1.72. The summed E-state index contributed by atoms with van der Waals surface area (Å²) >= 11 is 0. The van der Waals surface area contributed by atoms with Crippen LogP contribution < -0.4 is 14.4 Å². The van der Waals surface area contributed by atoms with Crippen LogP contribution in [-0.4, -0.2) is 19.7 Å². The Labute approximate surface area is 101 Å². The largest absolute Gasteiger partial charge is 0.454 e. The van der Waals surface area contributed by atoms with E-state index in [2.05, 4.69) is 0 Å². The zero-order chi connectivity index (χ0) is 12.4. The van der Waals surface area contributed by atoms with Crippen molar-refractivity contribution in [3.8, 4) is 11.5 Å². The van der Waals surface area contributed by atoms with E-state index in [0.717, 1.165) is 11.4 Å². The number of carbonyl (C=O) groups excluding carboxylic acids is 1. The zero-order valence-corrected chi connectivity index (χ0v) is 10.4. The van der Waals surface area contributed by atoms with Gasteiger partial charge >= 0.3 is 0 Å². The minimum absolute atomic E-state index is 0.110. The second kappa shape index (κ2) is 4.65. The molecule has 17 heavy (non-hydrogen) atoms. The van der Waals surface area contributed by atoms with Crippen molar-refractivity contribution in [2.24, 2.45) is 5.92 Å². The third-order valence-electron chi connectivity index (χ3n) is 2.70. The molecular formula is C13H17NO3. The van der Waals surface area contributed by atoms with Crippen molar-refractivity contribution in [2.45, 2.75) is 20.3 Å². The number of anilines is 1. The Balaban J connectivity index is 2.14. The van der Waals surface area contributed by atoms with Crippen molar-refractivity contribution in [1.29, 1.82) is 0 Å².